The summed E-state index contributed by atoms with van der Waals surface area (Å²) in [6.45, 7) is 1.46. The Morgan fingerprint density at radius 1 is 1.15 bits per heavy atom. The predicted molar refractivity (Wildman–Crippen MR) is 141 cm³/mol. The summed E-state index contributed by atoms with van der Waals surface area (Å²) in [5.74, 6) is 0.856. The van der Waals surface area contributed by atoms with E-state index in [1.807, 2.05) is 0 Å². The highest BCUT2D eigenvalue weighted by atomic mass is 32.2. The van der Waals surface area contributed by atoms with Crippen LogP contribution in [-0.4, -0.2) is 66.4 Å². The number of hydrogen-bond acceptors (Lipinski definition) is 10. The minimum Gasteiger partial charge on any atom is -0.353 e. The van der Waals surface area contributed by atoms with Gasteiger partial charge in [0, 0.05) is 18.9 Å². The number of halogens is 3. The van der Waals surface area contributed by atoms with Crippen LogP contribution in [0, 0.1) is 0 Å². The number of nitrogens with zero attached hydrogens (tertiary/aromatic N) is 7. The van der Waals surface area contributed by atoms with E-state index in [0.29, 0.717) is 37.3 Å². The van der Waals surface area contributed by atoms with Gasteiger partial charge in [-0.25, -0.2) is 28.4 Å². The Morgan fingerprint density at radius 3 is 2.71 bits per heavy atom. The average Bonchev–Trinajstić information content (AvgIpc) is 3.59. The van der Waals surface area contributed by atoms with Crippen LogP contribution in [-0.2, 0) is 26.1 Å². The van der Waals surface area contributed by atoms with Crippen LogP contribution in [0.25, 0.3) is 22.4 Å². The standard InChI is InChI=1S/C25H27F3N8O4S/c1-15(25(26,27)28)36-19-10-21(30-12-18(19)32-22(36)14-40-23-4-2-3-9-39-23)33-20-7-8-29-24(34-20)16-11-31-35(13-16)41(37,38)17-5-6-17/h7-8,10-13,15,17,23H,2-6,9,14H2,1H3,(H,29,30,33,34)/t15-,23?/m1/s1. The molecular weight excluding hydrogens is 565 g/mol. The van der Waals surface area contributed by atoms with Crippen molar-refractivity contribution in [3.63, 3.8) is 0 Å². The Labute approximate surface area is 233 Å². The Hall–Kier alpha value is -3.63. The van der Waals surface area contributed by atoms with Crippen molar-refractivity contribution in [2.75, 3.05) is 11.9 Å². The second kappa shape index (κ2) is 10.6. The van der Waals surface area contributed by atoms with Crippen molar-refractivity contribution in [1.82, 2.24) is 33.7 Å². The first-order valence-corrected chi connectivity index (χ1v) is 14.7. The van der Waals surface area contributed by atoms with Crippen molar-refractivity contribution >= 4 is 32.7 Å². The summed E-state index contributed by atoms with van der Waals surface area (Å²) < 4.78 is 79.9. The van der Waals surface area contributed by atoms with Crippen LogP contribution < -0.4 is 5.32 Å². The van der Waals surface area contributed by atoms with Gasteiger partial charge in [-0.2, -0.15) is 22.4 Å². The lowest BCUT2D eigenvalue weighted by molar-refractivity contribution is -0.175. The van der Waals surface area contributed by atoms with E-state index in [-0.39, 0.29) is 35.1 Å². The zero-order valence-electron chi connectivity index (χ0n) is 22.0. The second-order valence-corrected chi connectivity index (χ2v) is 12.1. The smallest absolute Gasteiger partial charge is 0.353 e. The van der Waals surface area contributed by atoms with Crippen molar-refractivity contribution < 1.29 is 31.1 Å². The van der Waals surface area contributed by atoms with Gasteiger partial charge in [0.05, 0.1) is 34.9 Å². The van der Waals surface area contributed by atoms with Crippen LogP contribution in [0.15, 0.2) is 36.9 Å². The molecule has 6 rings (SSSR count). The third-order valence-electron chi connectivity index (χ3n) is 6.98. The third kappa shape index (κ3) is 5.76. The Balaban J connectivity index is 1.27. The van der Waals surface area contributed by atoms with E-state index in [0.717, 1.165) is 28.4 Å². The topological polar surface area (TPSA) is 139 Å². The first kappa shape index (κ1) is 27.5. The Kier molecular flexibility index (Phi) is 7.15. The lowest BCUT2D eigenvalue weighted by atomic mass is 10.2. The molecule has 5 heterocycles. The molecule has 16 heteroatoms. The van der Waals surface area contributed by atoms with Gasteiger partial charge in [-0.1, -0.05) is 0 Å². The van der Waals surface area contributed by atoms with E-state index < -0.39 is 33.8 Å². The number of anilines is 2. The van der Waals surface area contributed by atoms with Gasteiger partial charge < -0.3 is 19.4 Å². The molecular formula is C25H27F3N8O4S. The van der Waals surface area contributed by atoms with Gasteiger partial charge in [0.25, 0.3) is 10.0 Å². The van der Waals surface area contributed by atoms with E-state index in [9.17, 15) is 21.6 Å². The molecule has 4 aromatic rings. The highest BCUT2D eigenvalue weighted by molar-refractivity contribution is 7.90. The fourth-order valence-electron chi connectivity index (χ4n) is 4.58. The van der Waals surface area contributed by atoms with Crippen LogP contribution in [0.3, 0.4) is 0 Å². The molecule has 12 nitrogen and oxygen atoms in total. The molecule has 0 bridgehead atoms. The van der Waals surface area contributed by atoms with Gasteiger partial charge in [-0.15, -0.1) is 0 Å². The Morgan fingerprint density at radius 2 is 1.98 bits per heavy atom. The van der Waals surface area contributed by atoms with Crippen LogP contribution in [0.4, 0.5) is 24.8 Å². The molecule has 0 aromatic carbocycles. The van der Waals surface area contributed by atoms with Crippen molar-refractivity contribution in [2.45, 2.75) is 69.4 Å². The number of aromatic nitrogens is 7. The van der Waals surface area contributed by atoms with Crippen molar-refractivity contribution in [1.29, 1.82) is 0 Å². The number of pyridine rings is 1. The average molecular weight is 593 g/mol. The van der Waals surface area contributed by atoms with E-state index in [4.69, 9.17) is 9.47 Å². The highest BCUT2D eigenvalue weighted by Crippen LogP contribution is 2.35. The SMILES string of the molecule is C[C@@H](n1c(COC2CCCCO2)nc2cnc(Nc3ccnc(-c4cnn(S(=O)(=O)C5CC5)c4)n3)cc21)C(F)(F)F. The maximum absolute atomic E-state index is 13.9. The number of rotatable bonds is 9. The van der Waals surface area contributed by atoms with Gasteiger partial charge in [0.1, 0.15) is 35.6 Å². The molecule has 4 aromatic heterocycles. The van der Waals surface area contributed by atoms with Gasteiger partial charge in [0.2, 0.25) is 0 Å². The summed E-state index contributed by atoms with van der Waals surface area (Å²) >= 11 is 0. The van der Waals surface area contributed by atoms with E-state index in [1.165, 1.54) is 30.9 Å². The molecule has 1 N–H and O–H groups in total. The zero-order valence-corrected chi connectivity index (χ0v) is 22.8. The minimum atomic E-state index is -4.53. The third-order valence-corrected chi connectivity index (χ3v) is 9.02. The summed E-state index contributed by atoms with van der Waals surface area (Å²) in [4.78, 5) is 17.3. The molecule has 2 aliphatic rings. The normalized spacial score (nSPS) is 19.0. The number of alkyl halides is 3. The van der Waals surface area contributed by atoms with Gasteiger partial charge in [0.15, 0.2) is 12.1 Å². The van der Waals surface area contributed by atoms with Crippen molar-refractivity contribution in [3.05, 3.63) is 42.7 Å². The molecule has 0 spiro atoms. The number of fused-ring (bicyclic) bond motifs is 1. The second-order valence-electron chi connectivity index (χ2n) is 10.0. The maximum Gasteiger partial charge on any atom is 0.408 e. The number of imidazole rings is 1. The van der Waals surface area contributed by atoms with Crippen molar-refractivity contribution in [2.24, 2.45) is 0 Å². The summed E-state index contributed by atoms with van der Waals surface area (Å²) in [6, 6.07) is 1.15. The molecule has 218 valence electrons. The van der Waals surface area contributed by atoms with Gasteiger partial charge in [-0.05, 0) is 45.1 Å². The fourth-order valence-corrected chi connectivity index (χ4v) is 6.06. The molecule has 1 unspecified atom stereocenters. The molecule has 1 aliphatic carbocycles. The summed E-state index contributed by atoms with van der Waals surface area (Å²) in [5.41, 5.74) is 0.892. The van der Waals surface area contributed by atoms with Crippen LogP contribution in [0.2, 0.25) is 0 Å². The quantitative estimate of drug-likeness (QED) is 0.299. The van der Waals surface area contributed by atoms with E-state index in [1.54, 1.807) is 6.07 Å². The molecule has 1 saturated carbocycles. The van der Waals surface area contributed by atoms with E-state index >= 15 is 0 Å². The van der Waals surface area contributed by atoms with Crippen LogP contribution in [0.1, 0.15) is 50.9 Å². The molecule has 2 atom stereocenters. The largest absolute Gasteiger partial charge is 0.408 e. The molecule has 0 radical (unpaired) electrons. The Bertz CT molecular complexity index is 1660. The predicted octanol–water partition coefficient (Wildman–Crippen LogP) is 4.34. The molecule has 1 aliphatic heterocycles. The highest BCUT2D eigenvalue weighted by Gasteiger charge is 2.40. The molecule has 0 amide bonds. The lowest BCUT2D eigenvalue weighted by Gasteiger charge is -2.24. The monoisotopic (exact) mass is 592 g/mol. The molecule has 41 heavy (non-hydrogen) atoms. The molecule has 1 saturated heterocycles. The van der Waals surface area contributed by atoms with Crippen LogP contribution in [0.5, 0.6) is 0 Å². The molecule has 2 fully saturated rings. The fraction of sp³-hybridized carbons (Fsp3) is 0.480. The van der Waals surface area contributed by atoms with Crippen molar-refractivity contribution in [3.8, 4) is 11.4 Å². The van der Waals surface area contributed by atoms with Gasteiger partial charge in [-0.3, -0.25) is 0 Å². The number of hydrogen-bond donors (Lipinski definition) is 1. The zero-order chi connectivity index (χ0) is 28.8. The number of nitrogens with one attached hydrogen (secondary N) is 1. The first-order chi connectivity index (χ1) is 19.6. The number of ether oxygens (including phenoxy) is 2. The van der Waals surface area contributed by atoms with Crippen LogP contribution >= 0.6 is 0 Å². The van der Waals surface area contributed by atoms with Gasteiger partial charge >= 0.3 is 6.18 Å². The van der Waals surface area contributed by atoms with E-state index in [2.05, 4.69) is 30.4 Å². The summed E-state index contributed by atoms with van der Waals surface area (Å²) in [7, 11) is -3.54. The minimum absolute atomic E-state index is 0.112. The maximum atomic E-state index is 13.9. The lowest BCUT2D eigenvalue weighted by Crippen LogP contribution is -2.27. The first-order valence-electron chi connectivity index (χ1n) is 13.2. The summed E-state index contributed by atoms with van der Waals surface area (Å²) in [6.07, 6.45) is 4.28. The summed E-state index contributed by atoms with van der Waals surface area (Å²) in [5, 5.41) is 6.53.